The molecule has 1 aliphatic rings. The van der Waals surface area contributed by atoms with E-state index in [-0.39, 0.29) is 11.8 Å². The molecule has 1 fully saturated rings. The number of aromatic nitrogens is 2. The number of rotatable bonds is 3. The summed E-state index contributed by atoms with van der Waals surface area (Å²) in [6, 6.07) is 16.5. The SMILES string of the molecule is CN(C(=O)c1n[nH]c2ccccc12)[C@H]1CCN(c2ccccc2)C1=O. The van der Waals surface area contributed by atoms with Gasteiger partial charge in [-0.15, -0.1) is 0 Å². The van der Waals surface area contributed by atoms with E-state index in [0.717, 1.165) is 16.6 Å². The van der Waals surface area contributed by atoms with Gasteiger partial charge in [0.15, 0.2) is 5.69 Å². The van der Waals surface area contributed by atoms with E-state index < -0.39 is 6.04 Å². The summed E-state index contributed by atoms with van der Waals surface area (Å²) in [6.07, 6.45) is 0.609. The number of nitrogens with zero attached hydrogens (tertiary/aromatic N) is 3. The molecule has 0 spiro atoms. The number of fused-ring (bicyclic) bond motifs is 1. The van der Waals surface area contributed by atoms with Crippen LogP contribution in [0.5, 0.6) is 0 Å². The molecule has 1 N–H and O–H groups in total. The minimum atomic E-state index is -0.469. The fraction of sp³-hybridized carbons (Fsp3) is 0.211. The van der Waals surface area contributed by atoms with Crippen molar-refractivity contribution < 1.29 is 9.59 Å². The molecule has 2 heterocycles. The highest BCUT2D eigenvalue weighted by Crippen LogP contribution is 2.25. The summed E-state index contributed by atoms with van der Waals surface area (Å²) in [5.74, 6) is -0.299. The highest BCUT2D eigenvalue weighted by Gasteiger charge is 2.38. The van der Waals surface area contributed by atoms with Crippen LogP contribution in [0.4, 0.5) is 5.69 Å². The van der Waals surface area contributed by atoms with E-state index >= 15 is 0 Å². The summed E-state index contributed by atoms with van der Waals surface area (Å²) in [5, 5.41) is 7.78. The number of hydrogen-bond acceptors (Lipinski definition) is 3. The molecule has 0 unspecified atom stereocenters. The Balaban J connectivity index is 1.58. The molecular formula is C19H18N4O2. The van der Waals surface area contributed by atoms with Gasteiger partial charge in [0.2, 0.25) is 5.91 Å². The molecule has 6 nitrogen and oxygen atoms in total. The summed E-state index contributed by atoms with van der Waals surface area (Å²) in [5.41, 5.74) is 2.02. The van der Waals surface area contributed by atoms with Crippen LogP contribution >= 0.6 is 0 Å². The molecule has 0 aliphatic carbocycles. The maximum atomic E-state index is 12.9. The first kappa shape index (κ1) is 15.4. The van der Waals surface area contributed by atoms with Crippen LogP contribution in [0.1, 0.15) is 16.9 Å². The van der Waals surface area contributed by atoms with Gasteiger partial charge in [0.25, 0.3) is 5.91 Å². The zero-order valence-corrected chi connectivity index (χ0v) is 13.8. The van der Waals surface area contributed by atoms with Crippen molar-refractivity contribution >= 4 is 28.4 Å². The standard InChI is InChI=1S/C19H18N4O2/c1-22(19(25)17-14-9-5-6-10-15(14)20-21-17)16-11-12-23(18(16)24)13-7-3-2-4-8-13/h2-10,16H,11-12H2,1H3,(H,20,21)/t16-/m0/s1. The van der Waals surface area contributed by atoms with Crippen LogP contribution in [0.2, 0.25) is 0 Å². The van der Waals surface area contributed by atoms with Crippen LogP contribution in [0, 0.1) is 0 Å². The van der Waals surface area contributed by atoms with Gasteiger partial charge in [0.1, 0.15) is 6.04 Å². The number of amides is 2. The summed E-state index contributed by atoms with van der Waals surface area (Å²) in [7, 11) is 1.67. The molecular weight excluding hydrogens is 316 g/mol. The minimum Gasteiger partial charge on any atom is -0.328 e. The summed E-state index contributed by atoms with van der Waals surface area (Å²) in [6.45, 7) is 0.604. The van der Waals surface area contributed by atoms with Crippen molar-refractivity contribution in [2.45, 2.75) is 12.5 Å². The quantitative estimate of drug-likeness (QED) is 0.800. The number of likely N-dealkylation sites (N-methyl/N-ethyl adjacent to an activating group) is 1. The fourth-order valence-corrected chi connectivity index (χ4v) is 3.32. The molecule has 2 aromatic carbocycles. The van der Waals surface area contributed by atoms with Crippen LogP contribution < -0.4 is 4.90 Å². The first-order valence-electron chi connectivity index (χ1n) is 8.23. The van der Waals surface area contributed by atoms with E-state index in [2.05, 4.69) is 10.2 Å². The lowest BCUT2D eigenvalue weighted by Crippen LogP contribution is -2.43. The number of hydrogen-bond donors (Lipinski definition) is 1. The second kappa shape index (κ2) is 6.05. The number of anilines is 1. The maximum Gasteiger partial charge on any atom is 0.275 e. The molecule has 0 saturated carbocycles. The molecule has 2 amide bonds. The van der Waals surface area contributed by atoms with E-state index in [1.54, 1.807) is 11.9 Å². The third kappa shape index (κ3) is 2.55. The van der Waals surface area contributed by atoms with E-state index in [4.69, 9.17) is 0 Å². The van der Waals surface area contributed by atoms with E-state index in [1.165, 1.54) is 4.90 Å². The number of nitrogens with one attached hydrogen (secondary N) is 1. The Kier molecular flexibility index (Phi) is 3.72. The van der Waals surface area contributed by atoms with Gasteiger partial charge < -0.3 is 9.80 Å². The Labute approximate surface area is 145 Å². The molecule has 1 aromatic heterocycles. The van der Waals surface area contributed by atoms with Gasteiger partial charge in [-0.1, -0.05) is 36.4 Å². The van der Waals surface area contributed by atoms with Gasteiger partial charge >= 0.3 is 0 Å². The molecule has 1 saturated heterocycles. The minimum absolute atomic E-state index is 0.0538. The highest BCUT2D eigenvalue weighted by atomic mass is 16.2. The Morgan fingerprint density at radius 1 is 1.16 bits per heavy atom. The zero-order valence-electron chi connectivity index (χ0n) is 13.8. The first-order chi connectivity index (χ1) is 12.2. The van der Waals surface area contributed by atoms with Crippen molar-refractivity contribution in [2.24, 2.45) is 0 Å². The molecule has 3 aromatic rings. The van der Waals surface area contributed by atoms with Crippen molar-refractivity contribution in [3.8, 4) is 0 Å². The topological polar surface area (TPSA) is 69.3 Å². The third-order valence-corrected chi connectivity index (χ3v) is 4.71. The monoisotopic (exact) mass is 334 g/mol. The number of benzene rings is 2. The van der Waals surface area contributed by atoms with Crippen LogP contribution in [-0.4, -0.2) is 46.5 Å². The van der Waals surface area contributed by atoms with Gasteiger partial charge in [-0.2, -0.15) is 5.10 Å². The lowest BCUT2D eigenvalue weighted by molar-refractivity contribution is -0.120. The number of para-hydroxylation sites is 2. The van der Waals surface area contributed by atoms with Crippen molar-refractivity contribution in [1.82, 2.24) is 15.1 Å². The molecule has 1 aliphatic heterocycles. The van der Waals surface area contributed by atoms with Gasteiger partial charge in [-0.3, -0.25) is 14.7 Å². The average Bonchev–Trinajstić information content (AvgIpc) is 3.25. The van der Waals surface area contributed by atoms with Gasteiger partial charge in [-0.05, 0) is 24.6 Å². The van der Waals surface area contributed by atoms with E-state index in [1.807, 2.05) is 54.6 Å². The number of H-pyrrole nitrogens is 1. The number of aromatic amines is 1. The second-order valence-corrected chi connectivity index (χ2v) is 6.16. The largest absolute Gasteiger partial charge is 0.328 e. The molecule has 0 radical (unpaired) electrons. The number of carbonyl (C=O) groups is 2. The van der Waals surface area contributed by atoms with Crippen LogP contribution in [0.3, 0.4) is 0 Å². The maximum absolute atomic E-state index is 12.9. The van der Waals surface area contributed by atoms with Crippen LogP contribution in [0.25, 0.3) is 10.9 Å². The van der Waals surface area contributed by atoms with E-state index in [0.29, 0.717) is 18.7 Å². The first-order valence-corrected chi connectivity index (χ1v) is 8.23. The molecule has 6 heteroatoms. The second-order valence-electron chi connectivity index (χ2n) is 6.16. The molecule has 126 valence electrons. The van der Waals surface area contributed by atoms with Crippen molar-refractivity contribution in [3.05, 3.63) is 60.3 Å². The average molecular weight is 334 g/mol. The highest BCUT2D eigenvalue weighted by molar-refractivity contribution is 6.08. The lowest BCUT2D eigenvalue weighted by Gasteiger charge is -2.23. The Hall–Kier alpha value is -3.15. The van der Waals surface area contributed by atoms with Crippen molar-refractivity contribution in [3.63, 3.8) is 0 Å². The molecule has 0 bridgehead atoms. The summed E-state index contributed by atoms with van der Waals surface area (Å²) < 4.78 is 0. The van der Waals surface area contributed by atoms with E-state index in [9.17, 15) is 9.59 Å². The molecule has 1 atom stereocenters. The van der Waals surface area contributed by atoms with Gasteiger partial charge in [-0.25, -0.2) is 0 Å². The third-order valence-electron chi connectivity index (χ3n) is 4.71. The fourth-order valence-electron chi connectivity index (χ4n) is 3.32. The number of carbonyl (C=O) groups excluding carboxylic acids is 2. The van der Waals surface area contributed by atoms with Crippen molar-refractivity contribution in [2.75, 3.05) is 18.5 Å². The lowest BCUT2D eigenvalue weighted by atomic mass is 10.1. The van der Waals surface area contributed by atoms with Crippen LogP contribution in [-0.2, 0) is 4.79 Å². The van der Waals surface area contributed by atoms with Crippen molar-refractivity contribution in [1.29, 1.82) is 0 Å². The predicted molar refractivity (Wildman–Crippen MR) is 95.4 cm³/mol. The summed E-state index contributed by atoms with van der Waals surface area (Å²) >= 11 is 0. The van der Waals surface area contributed by atoms with Crippen LogP contribution in [0.15, 0.2) is 54.6 Å². The zero-order chi connectivity index (χ0) is 17.4. The Morgan fingerprint density at radius 3 is 2.68 bits per heavy atom. The molecule has 25 heavy (non-hydrogen) atoms. The van der Waals surface area contributed by atoms with Gasteiger partial charge in [0, 0.05) is 24.7 Å². The Bertz CT molecular complexity index is 935. The smallest absolute Gasteiger partial charge is 0.275 e. The summed E-state index contributed by atoms with van der Waals surface area (Å²) in [4.78, 5) is 28.9. The predicted octanol–water partition coefficient (Wildman–Crippen LogP) is 2.44. The Morgan fingerprint density at radius 2 is 1.88 bits per heavy atom. The normalized spacial score (nSPS) is 17.2. The molecule has 4 rings (SSSR count). The van der Waals surface area contributed by atoms with Gasteiger partial charge in [0.05, 0.1) is 5.52 Å².